The summed E-state index contributed by atoms with van der Waals surface area (Å²) in [7, 11) is 0. The molecule has 160 valence electrons. The lowest BCUT2D eigenvalue weighted by atomic mass is 9.77. The number of aromatic nitrogens is 2. The van der Waals surface area contributed by atoms with Gasteiger partial charge >= 0.3 is 0 Å². The number of benzene rings is 1. The molecule has 0 radical (unpaired) electrons. The first-order valence-corrected chi connectivity index (χ1v) is 12.1. The first-order valence-electron chi connectivity index (χ1n) is 12.1. The van der Waals surface area contributed by atoms with Crippen LogP contribution in [0.5, 0.6) is 0 Å². The molecule has 0 unspecified atom stereocenters. The fourth-order valence-electron chi connectivity index (χ4n) is 4.77. The van der Waals surface area contributed by atoms with Gasteiger partial charge in [-0.1, -0.05) is 58.4 Å². The molecule has 1 aliphatic rings. The van der Waals surface area contributed by atoms with Crippen LogP contribution in [0.25, 0.3) is 11.4 Å². The molecule has 1 aromatic carbocycles. The summed E-state index contributed by atoms with van der Waals surface area (Å²) in [6.45, 7) is 4.49. The van der Waals surface area contributed by atoms with Crippen LogP contribution in [0.2, 0.25) is 0 Å². The second kappa shape index (κ2) is 11.8. The van der Waals surface area contributed by atoms with Crippen LogP contribution in [0.3, 0.4) is 0 Å². The van der Waals surface area contributed by atoms with Gasteiger partial charge in [0.15, 0.2) is 5.82 Å². The van der Waals surface area contributed by atoms with Gasteiger partial charge in [0.05, 0.1) is 11.6 Å². The molecule has 1 heterocycles. The first-order chi connectivity index (χ1) is 14.7. The smallest absolute Gasteiger partial charge is 0.160 e. The van der Waals surface area contributed by atoms with Crippen LogP contribution >= 0.6 is 0 Å². The van der Waals surface area contributed by atoms with Crippen molar-refractivity contribution in [2.24, 2.45) is 5.92 Å². The molecule has 1 fully saturated rings. The number of rotatable bonds is 10. The Kier molecular flexibility index (Phi) is 8.87. The number of nitriles is 1. The van der Waals surface area contributed by atoms with Crippen LogP contribution < -0.4 is 0 Å². The summed E-state index contributed by atoms with van der Waals surface area (Å²) in [6, 6.07) is 8.52. The van der Waals surface area contributed by atoms with Crippen LogP contribution in [0.4, 0.5) is 0 Å². The Balaban J connectivity index is 1.61. The van der Waals surface area contributed by atoms with Crippen LogP contribution in [0.15, 0.2) is 30.6 Å². The third-order valence-electron chi connectivity index (χ3n) is 6.72. The van der Waals surface area contributed by atoms with Crippen LogP contribution in [0, 0.1) is 17.2 Å². The molecule has 30 heavy (non-hydrogen) atoms. The highest BCUT2D eigenvalue weighted by Gasteiger charge is 2.22. The van der Waals surface area contributed by atoms with Gasteiger partial charge in [0, 0.05) is 18.0 Å². The Bertz CT molecular complexity index is 811. The van der Waals surface area contributed by atoms with E-state index in [2.05, 4.69) is 36.0 Å². The second-order valence-electron chi connectivity index (χ2n) is 9.00. The fourth-order valence-corrected chi connectivity index (χ4v) is 4.77. The highest BCUT2D eigenvalue weighted by atomic mass is 14.9. The van der Waals surface area contributed by atoms with E-state index in [-0.39, 0.29) is 0 Å². The van der Waals surface area contributed by atoms with Gasteiger partial charge in [-0.25, -0.2) is 9.97 Å². The quantitative estimate of drug-likeness (QED) is 0.384. The summed E-state index contributed by atoms with van der Waals surface area (Å²) in [4.78, 5) is 9.31. The van der Waals surface area contributed by atoms with E-state index in [9.17, 15) is 5.26 Å². The fraction of sp³-hybridized carbons (Fsp3) is 0.593. The highest BCUT2D eigenvalue weighted by molar-refractivity contribution is 5.65. The van der Waals surface area contributed by atoms with Crippen molar-refractivity contribution in [3.63, 3.8) is 0 Å². The Morgan fingerprint density at radius 2 is 1.63 bits per heavy atom. The largest absolute Gasteiger partial charge is 0.236 e. The Labute approximate surface area is 183 Å². The predicted octanol–water partition coefficient (Wildman–Crippen LogP) is 7.60. The number of hydrogen-bond donors (Lipinski definition) is 0. The van der Waals surface area contributed by atoms with E-state index < -0.39 is 0 Å². The molecular formula is C27H37N3. The molecule has 0 spiro atoms. The maximum Gasteiger partial charge on any atom is 0.160 e. The van der Waals surface area contributed by atoms with E-state index in [1.807, 2.05) is 24.5 Å². The van der Waals surface area contributed by atoms with Crippen molar-refractivity contribution < 1.29 is 0 Å². The predicted molar refractivity (Wildman–Crippen MR) is 124 cm³/mol. The molecule has 0 N–H and O–H groups in total. The standard InChI is InChI=1S/C27H37N3/c1-3-5-7-9-21-11-14-23(15-12-21)25-19-29-27(30-20-25)26-16-13-22(10-8-6-4-2)17-24(26)18-28/h13,16-17,19-21,23H,3-12,14-15H2,1-2H3. The summed E-state index contributed by atoms with van der Waals surface area (Å²) in [5.41, 5.74) is 4.03. The number of unbranched alkanes of at least 4 members (excludes halogenated alkanes) is 4. The zero-order chi connectivity index (χ0) is 21.2. The highest BCUT2D eigenvalue weighted by Crippen LogP contribution is 2.37. The van der Waals surface area contributed by atoms with Gasteiger partial charge in [0.1, 0.15) is 0 Å². The van der Waals surface area contributed by atoms with Crippen molar-refractivity contribution >= 4 is 0 Å². The van der Waals surface area contributed by atoms with Gasteiger partial charge in [0.25, 0.3) is 0 Å². The van der Waals surface area contributed by atoms with Crippen molar-refractivity contribution in [3.8, 4) is 17.5 Å². The van der Waals surface area contributed by atoms with E-state index in [0.717, 1.165) is 17.9 Å². The molecular weight excluding hydrogens is 366 g/mol. The average Bonchev–Trinajstić information content (AvgIpc) is 2.80. The average molecular weight is 404 g/mol. The monoisotopic (exact) mass is 403 g/mol. The van der Waals surface area contributed by atoms with Crippen molar-refractivity contribution in [1.29, 1.82) is 5.26 Å². The zero-order valence-electron chi connectivity index (χ0n) is 18.9. The zero-order valence-corrected chi connectivity index (χ0v) is 18.9. The van der Waals surface area contributed by atoms with Crippen molar-refractivity contribution in [2.75, 3.05) is 0 Å². The SMILES string of the molecule is CCCCCc1ccc(-c2ncc(C3CCC(CCCCC)CC3)cn2)c(C#N)c1. The van der Waals surface area contributed by atoms with E-state index in [1.165, 1.54) is 81.8 Å². The molecule has 1 aliphatic carbocycles. The van der Waals surface area contributed by atoms with E-state index >= 15 is 0 Å². The lowest BCUT2D eigenvalue weighted by Crippen LogP contribution is -2.14. The van der Waals surface area contributed by atoms with Crippen molar-refractivity contribution in [3.05, 3.63) is 47.3 Å². The number of aryl methyl sites for hydroxylation is 1. The van der Waals surface area contributed by atoms with Gasteiger partial charge in [0.2, 0.25) is 0 Å². The Hall–Kier alpha value is -2.21. The molecule has 0 saturated heterocycles. The number of nitrogens with zero attached hydrogens (tertiary/aromatic N) is 3. The maximum atomic E-state index is 9.63. The van der Waals surface area contributed by atoms with Gasteiger partial charge in [-0.3, -0.25) is 0 Å². The molecule has 0 atom stereocenters. The second-order valence-corrected chi connectivity index (χ2v) is 9.00. The van der Waals surface area contributed by atoms with Gasteiger partial charge in [-0.15, -0.1) is 0 Å². The third kappa shape index (κ3) is 6.14. The lowest BCUT2D eigenvalue weighted by Gasteiger charge is -2.28. The molecule has 3 rings (SSSR count). The van der Waals surface area contributed by atoms with Crippen LogP contribution in [-0.2, 0) is 6.42 Å². The number of hydrogen-bond acceptors (Lipinski definition) is 3. The minimum Gasteiger partial charge on any atom is -0.236 e. The molecule has 2 aromatic rings. The lowest BCUT2D eigenvalue weighted by molar-refractivity contribution is 0.302. The van der Waals surface area contributed by atoms with Crippen LogP contribution in [-0.4, -0.2) is 9.97 Å². The molecule has 1 aromatic heterocycles. The summed E-state index contributed by atoms with van der Waals surface area (Å²) in [6.07, 6.45) is 19.3. The van der Waals surface area contributed by atoms with Crippen molar-refractivity contribution in [2.45, 2.75) is 96.8 Å². The topological polar surface area (TPSA) is 49.6 Å². The Morgan fingerprint density at radius 1 is 0.933 bits per heavy atom. The summed E-state index contributed by atoms with van der Waals surface area (Å²) < 4.78 is 0. The Morgan fingerprint density at radius 3 is 2.30 bits per heavy atom. The maximum absolute atomic E-state index is 9.63. The molecule has 0 amide bonds. The summed E-state index contributed by atoms with van der Waals surface area (Å²) >= 11 is 0. The van der Waals surface area contributed by atoms with Gasteiger partial charge in [-0.2, -0.15) is 5.26 Å². The van der Waals surface area contributed by atoms with Crippen molar-refractivity contribution in [1.82, 2.24) is 9.97 Å². The van der Waals surface area contributed by atoms with E-state index in [1.54, 1.807) is 0 Å². The molecule has 0 bridgehead atoms. The normalized spacial score (nSPS) is 18.8. The van der Waals surface area contributed by atoms with Gasteiger partial charge < -0.3 is 0 Å². The summed E-state index contributed by atoms with van der Waals surface area (Å²) in [5, 5.41) is 9.63. The molecule has 0 aliphatic heterocycles. The summed E-state index contributed by atoms with van der Waals surface area (Å²) in [5.74, 6) is 2.18. The first kappa shape index (κ1) is 22.5. The molecule has 1 saturated carbocycles. The van der Waals surface area contributed by atoms with E-state index in [4.69, 9.17) is 0 Å². The molecule has 3 nitrogen and oxygen atoms in total. The molecule has 3 heteroatoms. The third-order valence-corrected chi connectivity index (χ3v) is 6.72. The van der Waals surface area contributed by atoms with Gasteiger partial charge in [-0.05, 0) is 73.6 Å². The van der Waals surface area contributed by atoms with Crippen LogP contribution in [0.1, 0.15) is 107 Å². The van der Waals surface area contributed by atoms with E-state index in [0.29, 0.717) is 17.3 Å². The minimum absolute atomic E-state index is 0.595. The minimum atomic E-state index is 0.595.